The maximum atomic E-state index is 13.8. The Kier molecular flexibility index (Phi) is 5.18. The van der Waals surface area contributed by atoms with Gasteiger partial charge in [0.1, 0.15) is 23.9 Å². The number of hydrogen-bond donors (Lipinski definition) is 0. The molecule has 0 unspecified atom stereocenters. The highest BCUT2D eigenvalue weighted by Crippen LogP contribution is 2.35. The Labute approximate surface area is 171 Å². The first kappa shape index (κ1) is 20.5. The molecule has 1 heterocycles. The van der Waals surface area contributed by atoms with Crippen LogP contribution in [-0.2, 0) is 6.61 Å². The van der Waals surface area contributed by atoms with E-state index in [0.717, 1.165) is 0 Å². The summed E-state index contributed by atoms with van der Waals surface area (Å²) in [5.74, 6) is -11.3. The second-order valence-corrected chi connectivity index (χ2v) is 6.49. The molecule has 4 rings (SSSR count). The zero-order valence-corrected chi connectivity index (χ0v) is 15.3. The lowest BCUT2D eigenvalue weighted by atomic mass is 10.1. The van der Waals surface area contributed by atoms with Gasteiger partial charge in [-0.15, -0.1) is 0 Å². The number of ether oxygens (including phenoxy) is 2. The van der Waals surface area contributed by atoms with Crippen LogP contribution in [0.15, 0.2) is 48.2 Å². The van der Waals surface area contributed by atoms with E-state index < -0.39 is 52.9 Å². The molecule has 0 fully saturated rings. The van der Waals surface area contributed by atoms with E-state index in [1.54, 1.807) is 0 Å². The summed E-state index contributed by atoms with van der Waals surface area (Å²) >= 11 is 0. The van der Waals surface area contributed by atoms with Crippen molar-refractivity contribution in [3.8, 4) is 11.5 Å². The molecule has 3 aromatic rings. The molecule has 0 saturated carbocycles. The third-order valence-corrected chi connectivity index (χ3v) is 4.49. The topological polar surface area (TPSA) is 35.5 Å². The van der Waals surface area contributed by atoms with Gasteiger partial charge < -0.3 is 9.47 Å². The highest BCUT2D eigenvalue weighted by Gasteiger charge is 2.29. The number of fused-ring (bicyclic) bond motifs is 1. The number of hydrogen-bond acceptors (Lipinski definition) is 3. The van der Waals surface area contributed by atoms with Crippen LogP contribution >= 0.6 is 0 Å². The molecule has 0 spiro atoms. The number of carbonyl (C=O) groups excluding carboxylic acids is 1. The second kappa shape index (κ2) is 7.82. The summed E-state index contributed by atoms with van der Waals surface area (Å²) < 4.78 is 90.8. The quantitative estimate of drug-likeness (QED) is 0.227. The molecule has 1 aliphatic heterocycles. The Morgan fingerprint density at radius 2 is 1.42 bits per heavy atom. The molecule has 31 heavy (non-hydrogen) atoms. The fraction of sp³-hybridized carbons (Fsp3) is 0.0455. The van der Waals surface area contributed by atoms with Crippen molar-refractivity contribution in [1.82, 2.24) is 0 Å². The first-order valence-corrected chi connectivity index (χ1v) is 8.73. The van der Waals surface area contributed by atoms with Gasteiger partial charge in [0, 0.05) is 6.07 Å². The van der Waals surface area contributed by atoms with E-state index in [4.69, 9.17) is 9.47 Å². The van der Waals surface area contributed by atoms with Gasteiger partial charge in [0.2, 0.25) is 11.6 Å². The van der Waals surface area contributed by atoms with Crippen molar-refractivity contribution >= 4 is 11.9 Å². The van der Waals surface area contributed by atoms with E-state index in [0.29, 0.717) is 5.56 Å². The van der Waals surface area contributed by atoms with Crippen LogP contribution in [-0.4, -0.2) is 5.78 Å². The second-order valence-electron chi connectivity index (χ2n) is 6.49. The summed E-state index contributed by atoms with van der Waals surface area (Å²) in [6.07, 6.45) is 1.40. The minimum absolute atomic E-state index is 0.0291. The molecule has 3 nitrogen and oxygen atoms in total. The molecule has 3 aromatic carbocycles. The average Bonchev–Trinajstić information content (AvgIpc) is 3.07. The highest BCUT2D eigenvalue weighted by atomic mass is 19.2. The van der Waals surface area contributed by atoms with Gasteiger partial charge in [0.15, 0.2) is 29.0 Å². The van der Waals surface area contributed by atoms with Crippen LogP contribution in [0.1, 0.15) is 21.5 Å². The van der Waals surface area contributed by atoms with Crippen LogP contribution in [0.5, 0.6) is 11.5 Å². The maximum Gasteiger partial charge on any atom is 0.231 e. The lowest BCUT2D eigenvalue weighted by molar-refractivity contribution is 0.101. The SMILES string of the molecule is O=C1C(=Cc2ccc(F)cc2)Oc2cc(OCc3c(F)c(F)c(F)c(F)c3F)ccc21. The molecule has 1 aliphatic rings. The van der Waals surface area contributed by atoms with Crippen LogP contribution in [0.25, 0.3) is 6.08 Å². The standard InChI is InChI=1S/C22H10F6O3/c23-11-3-1-10(2-4-11)7-16-22(29)13-6-5-12(8-15(13)31-16)30-9-14-17(24)19(26)21(28)20(27)18(14)25/h1-8H,9H2. The van der Waals surface area contributed by atoms with Gasteiger partial charge in [0.05, 0.1) is 11.1 Å². The molecule has 0 amide bonds. The van der Waals surface area contributed by atoms with Crippen LogP contribution < -0.4 is 9.47 Å². The molecule has 158 valence electrons. The molecular weight excluding hydrogens is 426 g/mol. The minimum atomic E-state index is -2.26. The molecule has 0 aromatic heterocycles. The average molecular weight is 436 g/mol. The molecule has 0 bridgehead atoms. The van der Waals surface area contributed by atoms with E-state index in [2.05, 4.69) is 0 Å². The molecule has 0 atom stereocenters. The van der Waals surface area contributed by atoms with Crippen molar-refractivity contribution in [3.05, 3.63) is 99.8 Å². The smallest absolute Gasteiger partial charge is 0.231 e. The Balaban J connectivity index is 1.55. The lowest BCUT2D eigenvalue weighted by Crippen LogP contribution is -2.09. The predicted octanol–water partition coefficient (Wildman–Crippen LogP) is 5.72. The van der Waals surface area contributed by atoms with Crippen LogP contribution in [0.3, 0.4) is 0 Å². The van der Waals surface area contributed by atoms with Crippen molar-refractivity contribution in [3.63, 3.8) is 0 Å². The third-order valence-electron chi connectivity index (χ3n) is 4.49. The minimum Gasteiger partial charge on any atom is -0.489 e. The Bertz CT molecular complexity index is 1210. The molecule has 0 saturated heterocycles. The normalized spacial score (nSPS) is 14.0. The van der Waals surface area contributed by atoms with Crippen LogP contribution in [0.4, 0.5) is 26.3 Å². The van der Waals surface area contributed by atoms with Gasteiger partial charge in [-0.1, -0.05) is 12.1 Å². The summed E-state index contributed by atoms with van der Waals surface area (Å²) in [6.45, 7) is -0.948. The van der Waals surface area contributed by atoms with Gasteiger partial charge in [-0.25, -0.2) is 26.3 Å². The number of ketones is 1. The Morgan fingerprint density at radius 3 is 2.06 bits per heavy atom. The maximum absolute atomic E-state index is 13.8. The van der Waals surface area contributed by atoms with Crippen molar-refractivity contribution in [2.75, 3.05) is 0 Å². The summed E-state index contributed by atoms with van der Waals surface area (Å²) in [4.78, 5) is 12.4. The molecule has 9 heteroatoms. The monoisotopic (exact) mass is 436 g/mol. The number of allylic oxidation sites excluding steroid dienone is 1. The number of halogens is 6. The van der Waals surface area contributed by atoms with Crippen LogP contribution in [0, 0.1) is 34.9 Å². The highest BCUT2D eigenvalue weighted by molar-refractivity contribution is 6.14. The fourth-order valence-electron chi connectivity index (χ4n) is 2.90. The van der Waals surface area contributed by atoms with Crippen molar-refractivity contribution in [2.24, 2.45) is 0 Å². The largest absolute Gasteiger partial charge is 0.489 e. The van der Waals surface area contributed by atoms with E-state index in [9.17, 15) is 31.1 Å². The van der Waals surface area contributed by atoms with Gasteiger partial charge in [-0.05, 0) is 35.9 Å². The number of Topliss-reactive ketones (excluding diaryl/α,β-unsaturated/α-hetero) is 1. The van der Waals surface area contributed by atoms with Crippen LogP contribution in [0.2, 0.25) is 0 Å². The van der Waals surface area contributed by atoms with Gasteiger partial charge in [-0.3, -0.25) is 4.79 Å². The van der Waals surface area contributed by atoms with Crippen molar-refractivity contribution in [2.45, 2.75) is 6.61 Å². The van der Waals surface area contributed by atoms with E-state index >= 15 is 0 Å². The molecule has 0 aliphatic carbocycles. The number of rotatable bonds is 4. The van der Waals surface area contributed by atoms with Gasteiger partial charge in [-0.2, -0.15) is 0 Å². The van der Waals surface area contributed by atoms with Crippen molar-refractivity contribution in [1.29, 1.82) is 0 Å². The number of carbonyl (C=O) groups is 1. The van der Waals surface area contributed by atoms with E-state index in [1.165, 1.54) is 48.5 Å². The predicted molar refractivity (Wildman–Crippen MR) is 96.3 cm³/mol. The summed E-state index contributed by atoms with van der Waals surface area (Å²) in [7, 11) is 0. The summed E-state index contributed by atoms with van der Waals surface area (Å²) in [5, 5.41) is 0. The zero-order chi connectivity index (χ0) is 22.3. The van der Waals surface area contributed by atoms with E-state index in [-0.39, 0.29) is 22.8 Å². The fourth-order valence-corrected chi connectivity index (χ4v) is 2.90. The van der Waals surface area contributed by atoms with Gasteiger partial charge in [0.25, 0.3) is 0 Å². The summed E-state index contributed by atoms with van der Waals surface area (Å²) in [5.41, 5.74) is -0.442. The Morgan fingerprint density at radius 1 is 0.806 bits per heavy atom. The summed E-state index contributed by atoms with van der Waals surface area (Å²) in [6, 6.07) is 9.17. The van der Waals surface area contributed by atoms with Gasteiger partial charge >= 0.3 is 0 Å². The van der Waals surface area contributed by atoms with Crippen molar-refractivity contribution < 1.29 is 40.6 Å². The third kappa shape index (κ3) is 3.74. The molecule has 0 N–H and O–H groups in total. The molecular formula is C22H10F6O3. The Hall–Kier alpha value is -3.75. The van der Waals surface area contributed by atoms with E-state index in [1.807, 2.05) is 0 Å². The first-order valence-electron chi connectivity index (χ1n) is 8.73. The number of benzene rings is 3. The lowest BCUT2D eigenvalue weighted by Gasteiger charge is -2.10. The molecule has 0 radical (unpaired) electrons. The zero-order valence-electron chi connectivity index (χ0n) is 15.3. The first-order chi connectivity index (χ1) is 14.8.